The lowest BCUT2D eigenvalue weighted by Crippen LogP contribution is -2.39. The fraction of sp³-hybridized carbons (Fsp3) is 0.538. The molecule has 0 spiro atoms. The second-order valence-corrected chi connectivity index (χ2v) is 5.86. The molecule has 1 aromatic carbocycles. The largest absolute Gasteiger partial charge is 0.495 e. The molecule has 0 saturated carbocycles. The highest BCUT2D eigenvalue weighted by Crippen LogP contribution is 2.32. The van der Waals surface area contributed by atoms with E-state index < -0.39 is 0 Å². The van der Waals surface area contributed by atoms with E-state index in [0.717, 1.165) is 20.3 Å². The van der Waals surface area contributed by atoms with Crippen LogP contribution in [0.3, 0.4) is 0 Å². The van der Waals surface area contributed by atoms with E-state index in [4.69, 9.17) is 14.2 Å². The van der Waals surface area contributed by atoms with Gasteiger partial charge in [-0.25, -0.2) is 0 Å². The summed E-state index contributed by atoms with van der Waals surface area (Å²) >= 11 is 6.97. The number of halogens is 2. The maximum atomic E-state index is 5.41. The molecule has 6 heteroatoms. The Morgan fingerprint density at radius 1 is 1.16 bits per heavy atom. The van der Waals surface area contributed by atoms with Crippen LogP contribution in [0.4, 0.5) is 0 Å². The second kappa shape index (κ2) is 8.21. The summed E-state index contributed by atoms with van der Waals surface area (Å²) in [6.07, 6.45) is -0.276. The molecule has 1 N–H and O–H groups in total. The molecule has 0 amide bonds. The molecule has 0 radical (unpaired) electrons. The van der Waals surface area contributed by atoms with Gasteiger partial charge >= 0.3 is 0 Å². The van der Waals surface area contributed by atoms with Crippen molar-refractivity contribution >= 4 is 31.9 Å². The summed E-state index contributed by atoms with van der Waals surface area (Å²) in [7, 11) is 4.92. The van der Waals surface area contributed by atoms with E-state index in [-0.39, 0.29) is 12.3 Å². The molecule has 0 aliphatic rings. The number of ether oxygens (including phenoxy) is 3. The first-order valence-electron chi connectivity index (χ1n) is 5.84. The minimum absolute atomic E-state index is 0.0671. The monoisotopic (exact) mass is 395 g/mol. The molecule has 4 nitrogen and oxygen atoms in total. The molecule has 108 valence electrons. The van der Waals surface area contributed by atoms with Gasteiger partial charge < -0.3 is 19.5 Å². The van der Waals surface area contributed by atoms with Crippen LogP contribution in [0.5, 0.6) is 5.75 Å². The minimum Gasteiger partial charge on any atom is -0.495 e. The predicted octanol–water partition coefficient (Wildman–Crippen LogP) is 3.32. The predicted molar refractivity (Wildman–Crippen MR) is 82.5 cm³/mol. The van der Waals surface area contributed by atoms with Crippen molar-refractivity contribution in [1.29, 1.82) is 0 Å². The van der Waals surface area contributed by atoms with Gasteiger partial charge in [0.05, 0.1) is 17.6 Å². The number of rotatable bonds is 7. The maximum absolute atomic E-state index is 5.41. The normalized spacial score (nSPS) is 12.8. The Morgan fingerprint density at radius 3 is 2.32 bits per heavy atom. The number of benzene rings is 1. The van der Waals surface area contributed by atoms with Crippen LogP contribution < -0.4 is 10.1 Å². The highest BCUT2D eigenvalue weighted by atomic mass is 79.9. The van der Waals surface area contributed by atoms with Gasteiger partial charge in [-0.15, -0.1) is 0 Å². The van der Waals surface area contributed by atoms with Crippen LogP contribution in [-0.4, -0.2) is 33.7 Å². The molecular weight excluding hydrogens is 378 g/mol. The van der Waals surface area contributed by atoms with Crippen LogP contribution in [0.25, 0.3) is 0 Å². The highest BCUT2D eigenvalue weighted by molar-refractivity contribution is 9.11. The third kappa shape index (κ3) is 4.72. The molecular formula is C13H19Br2NO3. The topological polar surface area (TPSA) is 39.7 Å². The zero-order valence-electron chi connectivity index (χ0n) is 11.5. The van der Waals surface area contributed by atoms with Gasteiger partial charge in [-0.3, -0.25) is 0 Å². The van der Waals surface area contributed by atoms with Crippen molar-refractivity contribution in [3.63, 3.8) is 0 Å². The molecule has 1 atom stereocenters. The van der Waals surface area contributed by atoms with Crippen LogP contribution >= 0.6 is 31.9 Å². The van der Waals surface area contributed by atoms with E-state index in [1.165, 1.54) is 0 Å². The maximum Gasteiger partial charge on any atom is 0.171 e. The highest BCUT2D eigenvalue weighted by Gasteiger charge is 2.16. The first kappa shape index (κ1) is 16.9. The average Bonchev–Trinajstić information content (AvgIpc) is 2.37. The van der Waals surface area contributed by atoms with Crippen molar-refractivity contribution in [1.82, 2.24) is 5.32 Å². The van der Waals surface area contributed by atoms with Crippen molar-refractivity contribution < 1.29 is 14.2 Å². The van der Waals surface area contributed by atoms with Gasteiger partial charge in [0.25, 0.3) is 0 Å². The first-order chi connectivity index (χ1) is 9.03. The van der Waals surface area contributed by atoms with Crippen LogP contribution in [0.1, 0.15) is 12.5 Å². The lowest BCUT2D eigenvalue weighted by Gasteiger charge is -2.23. The summed E-state index contributed by atoms with van der Waals surface area (Å²) in [5.41, 5.74) is 1.06. The summed E-state index contributed by atoms with van der Waals surface area (Å²) in [4.78, 5) is 0. The van der Waals surface area contributed by atoms with E-state index in [1.54, 1.807) is 21.3 Å². The van der Waals surface area contributed by atoms with Gasteiger partial charge in [-0.2, -0.15) is 0 Å². The van der Waals surface area contributed by atoms with Crippen molar-refractivity contribution in [3.8, 4) is 5.75 Å². The van der Waals surface area contributed by atoms with E-state index in [2.05, 4.69) is 37.2 Å². The molecule has 0 heterocycles. The second-order valence-electron chi connectivity index (χ2n) is 4.09. The smallest absolute Gasteiger partial charge is 0.171 e. The van der Waals surface area contributed by atoms with E-state index in [1.807, 2.05) is 19.1 Å². The molecule has 0 aromatic heterocycles. The standard InChI is InChI=1S/C13H19Br2NO3/c1-8(13(18-3)19-4)16-7-9-5-10(14)6-11(15)12(9)17-2/h5-6,8,13,16H,7H2,1-4H3. The number of nitrogens with one attached hydrogen (secondary N) is 1. The molecule has 1 aromatic rings. The van der Waals surface area contributed by atoms with Gasteiger partial charge in [0.2, 0.25) is 0 Å². The SMILES string of the molecule is COc1c(Br)cc(Br)cc1CNC(C)C(OC)OC. The molecule has 0 bridgehead atoms. The zero-order valence-corrected chi connectivity index (χ0v) is 14.7. The third-order valence-electron chi connectivity index (χ3n) is 2.78. The Bertz CT molecular complexity index is 411. The van der Waals surface area contributed by atoms with E-state index in [9.17, 15) is 0 Å². The Hall–Kier alpha value is -0.140. The summed E-state index contributed by atoms with van der Waals surface area (Å²) in [5, 5.41) is 3.36. The Labute approximate surface area is 131 Å². The van der Waals surface area contributed by atoms with E-state index >= 15 is 0 Å². The van der Waals surface area contributed by atoms with Crippen molar-refractivity contribution in [2.45, 2.75) is 25.8 Å². The number of hydrogen-bond acceptors (Lipinski definition) is 4. The minimum atomic E-state index is -0.276. The van der Waals surface area contributed by atoms with Gasteiger partial charge in [-0.05, 0) is 35.0 Å². The number of methoxy groups -OCH3 is 3. The summed E-state index contributed by atoms with van der Waals surface area (Å²) in [6.45, 7) is 2.67. The molecule has 19 heavy (non-hydrogen) atoms. The Balaban J connectivity index is 2.77. The molecule has 0 aliphatic heterocycles. The fourth-order valence-electron chi connectivity index (χ4n) is 1.85. The van der Waals surface area contributed by atoms with Gasteiger partial charge in [0.1, 0.15) is 5.75 Å². The molecule has 1 rings (SSSR count). The van der Waals surface area contributed by atoms with Crippen LogP contribution in [0.15, 0.2) is 21.1 Å². The summed E-state index contributed by atoms with van der Waals surface area (Å²) in [6, 6.07) is 4.05. The quantitative estimate of drug-likeness (QED) is 0.717. The van der Waals surface area contributed by atoms with Crippen molar-refractivity contribution in [2.24, 2.45) is 0 Å². The fourth-order valence-corrected chi connectivity index (χ4v) is 3.32. The van der Waals surface area contributed by atoms with Crippen LogP contribution in [0.2, 0.25) is 0 Å². The Kier molecular flexibility index (Phi) is 7.31. The van der Waals surface area contributed by atoms with Crippen molar-refractivity contribution in [3.05, 3.63) is 26.6 Å². The molecule has 0 fully saturated rings. The Morgan fingerprint density at radius 2 is 1.79 bits per heavy atom. The van der Waals surface area contributed by atoms with Crippen molar-refractivity contribution in [2.75, 3.05) is 21.3 Å². The summed E-state index contributed by atoms with van der Waals surface area (Å²) in [5.74, 6) is 0.828. The number of hydrogen-bond donors (Lipinski definition) is 1. The van der Waals surface area contributed by atoms with Crippen LogP contribution in [0, 0.1) is 0 Å². The van der Waals surface area contributed by atoms with E-state index in [0.29, 0.717) is 6.54 Å². The van der Waals surface area contributed by atoms with Gasteiger partial charge in [-0.1, -0.05) is 15.9 Å². The lowest BCUT2D eigenvalue weighted by atomic mass is 10.2. The molecule has 0 aliphatic carbocycles. The first-order valence-corrected chi connectivity index (χ1v) is 7.43. The zero-order chi connectivity index (χ0) is 14.4. The lowest BCUT2D eigenvalue weighted by molar-refractivity contribution is -0.119. The molecule has 0 saturated heterocycles. The summed E-state index contributed by atoms with van der Waals surface area (Å²) < 4.78 is 17.8. The molecule has 1 unspecified atom stereocenters. The average molecular weight is 397 g/mol. The third-order valence-corrected chi connectivity index (χ3v) is 3.82. The van der Waals surface area contributed by atoms with Crippen LogP contribution in [-0.2, 0) is 16.0 Å². The van der Waals surface area contributed by atoms with Gasteiger partial charge in [0.15, 0.2) is 6.29 Å². The van der Waals surface area contributed by atoms with Gasteiger partial charge in [0, 0.05) is 30.8 Å².